The molecule has 5 nitrogen and oxygen atoms in total. The standard InChI is InChI=1S/C13H22N2O3S/c1-2-9-4-3-5-10(6-9)14-13(18)15-8-19-7-11(15)12(16)17/h9-11H,2-8H2,1H3,(H,14,18)(H,16,17). The molecule has 0 spiro atoms. The number of hydrogen-bond donors (Lipinski definition) is 2. The number of aliphatic carboxylic acids is 1. The molecule has 2 rings (SSSR count). The van der Waals surface area contributed by atoms with Crippen LogP contribution in [0.2, 0.25) is 0 Å². The normalized spacial score (nSPS) is 31.2. The lowest BCUT2D eigenvalue weighted by atomic mass is 9.84. The summed E-state index contributed by atoms with van der Waals surface area (Å²) in [4.78, 5) is 24.7. The molecule has 6 heteroatoms. The van der Waals surface area contributed by atoms with E-state index in [2.05, 4.69) is 12.2 Å². The molecule has 108 valence electrons. The fraction of sp³-hybridized carbons (Fsp3) is 0.846. The van der Waals surface area contributed by atoms with Crippen molar-refractivity contribution in [2.45, 2.75) is 51.1 Å². The Kier molecular flexibility index (Phi) is 4.96. The summed E-state index contributed by atoms with van der Waals surface area (Å²) in [6, 6.07) is -0.666. The van der Waals surface area contributed by atoms with Crippen LogP contribution in [0.1, 0.15) is 39.0 Å². The first kappa shape index (κ1) is 14.5. The highest BCUT2D eigenvalue weighted by Gasteiger charge is 2.35. The summed E-state index contributed by atoms with van der Waals surface area (Å²) in [5, 5.41) is 12.1. The molecule has 0 aromatic carbocycles. The van der Waals surface area contributed by atoms with E-state index in [9.17, 15) is 9.59 Å². The predicted octanol–water partition coefficient (Wildman–Crippen LogP) is 2.12. The summed E-state index contributed by atoms with van der Waals surface area (Å²) in [6.07, 6.45) is 5.60. The van der Waals surface area contributed by atoms with Gasteiger partial charge in [0.2, 0.25) is 0 Å². The van der Waals surface area contributed by atoms with Crippen LogP contribution in [0.3, 0.4) is 0 Å². The van der Waals surface area contributed by atoms with Crippen molar-refractivity contribution < 1.29 is 14.7 Å². The number of carbonyl (C=O) groups is 2. The van der Waals surface area contributed by atoms with Gasteiger partial charge in [-0.25, -0.2) is 9.59 Å². The molecule has 1 saturated carbocycles. The molecule has 2 fully saturated rings. The topological polar surface area (TPSA) is 69.6 Å². The summed E-state index contributed by atoms with van der Waals surface area (Å²) in [5.41, 5.74) is 0. The Morgan fingerprint density at radius 1 is 1.42 bits per heavy atom. The van der Waals surface area contributed by atoms with Crippen molar-refractivity contribution in [3.8, 4) is 0 Å². The maximum absolute atomic E-state index is 12.2. The largest absolute Gasteiger partial charge is 0.480 e. The van der Waals surface area contributed by atoms with Crippen molar-refractivity contribution >= 4 is 23.8 Å². The monoisotopic (exact) mass is 286 g/mol. The highest BCUT2D eigenvalue weighted by molar-refractivity contribution is 7.99. The summed E-state index contributed by atoms with van der Waals surface area (Å²) in [6.45, 7) is 2.19. The van der Waals surface area contributed by atoms with Gasteiger partial charge in [0.15, 0.2) is 0 Å². The molecule has 2 amide bonds. The van der Waals surface area contributed by atoms with Gasteiger partial charge in [-0.3, -0.25) is 0 Å². The van der Waals surface area contributed by atoms with Gasteiger partial charge in [0, 0.05) is 11.8 Å². The van der Waals surface area contributed by atoms with E-state index in [1.54, 1.807) is 0 Å². The van der Waals surface area contributed by atoms with Gasteiger partial charge in [0.05, 0.1) is 5.88 Å². The molecule has 0 aromatic heterocycles. The Bertz CT molecular complexity index is 351. The first-order chi connectivity index (χ1) is 9.11. The molecule has 1 aliphatic carbocycles. The maximum atomic E-state index is 12.2. The van der Waals surface area contributed by atoms with Gasteiger partial charge in [-0.1, -0.05) is 26.2 Å². The van der Waals surface area contributed by atoms with Crippen LogP contribution in [-0.4, -0.2) is 45.7 Å². The fourth-order valence-corrected chi connectivity index (χ4v) is 4.04. The lowest BCUT2D eigenvalue weighted by Crippen LogP contribution is -2.50. The number of carboxylic acids is 1. The highest BCUT2D eigenvalue weighted by Crippen LogP contribution is 2.27. The molecule has 1 heterocycles. The van der Waals surface area contributed by atoms with Gasteiger partial charge in [-0.15, -0.1) is 11.8 Å². The summed E-state index contributed by atoms with van der Waals surface area (Å²) in [5.74, 6) is 0.759. The molecule has 0 bridgehead atoms. The van der Waals surface area contributed by atoms with Crippen molar-refractivity contribution in [1.82, 2.24) is 10.2 Å². The number of carboxylic acid groups (broad SMARTS) is 1. The first-order valence-corrected chi connectivity index (χ1v) is 8.15. The van der Waals surface area contributed by atoms with Crippen molar-refractivity contribution in [1.29, 1.82) is 0 Å². The molecule has 1 saturated heterocycles. The molecule has 2 N–H and O–H groups in total. The summed E-state index contributed by atoms with van der Waals surface area (Å²) >= 11 is 1.50. The molecular formula is C13H22N2O3S. The van der Waals surface area contributed by atoms with E-state index in [-0.39, 0.29) is 12.1 Å². The average molecular weight is 286 g/mol. The van der Waals surface area contributed by atoms with Crippen LogP contribution in [0.4, 0.5) is 4.79 Å². The zero-order valence-electron chi connectivity index (χ0n) is 11.3. The second kappa shape index (κ2) is 6.50. The molecule has 2 aliphatic rings. The van der Waals surface area contributed by atoms with Gasteiger partial charge in [0.1, 0.15) is 6.04 Å². The number of urea groups is 1. The van der Waals surface area contributed by atoms with Gasteiger partial charge in [-0.2, -0.15) is 0 Å². The number of nitrogens with zero attached hydrogens (tertiary/aromatic N) is 1. The van der Waals surface area contributed by atoms with Crippen LogP contribution in [0.25, 0.3) is 0 Å². The van der Waals surface area contributed by atoms with Crippen LogP contribution >= 0.6 is 11.8 Å². The molecule has 0 aromatic rings. The quantitative estimate of drug-likeness (QED) is 0.834. The van der Waals surface area contributed by atoms with Gasteiger partial charge >= 0.3 is 12.0 Å². The Hall–Kier alpha value is -0.910. The number of carbonyl (C=O) groups excluding carboxylic acids is 1. The van der Waals surface area contributed by atoms with E-state index in [0.29, 0.717) is 17.5 Å². The average Bonchev–Trinajstić information content (AvgIpc) is 2.88. The molecule has 19 heavy (non-hydrogen) atoms. The van der Waals surface area contributed by atoms with Gasteiger partial charge < -0.3 is 15.3 Å². The van der Waals surface area contributed by atoms with Gasteiger partial charge in [-0.05, 0) is 18.8 Å². The van der Waals surface area contributed by atoms with E-state index >= 15 is 0 Å². The van der Waals surface area contributed by atoms with Crippen LogP contribution in [0, 0.1) is 5.92 Å². The van der Waals surface area contributed by atoms with Crippen molar-refractivity contribution in [2.75, 3.05) is 11.6 Å². The third-order valence-electron chi connectivity index (χ3n) is 4.12. The van der Waals surface area contributed by atoms with Crippen LogP contribution < -0.4 is 5.32 Å². The molecule has 0 radical (unpaired) electrons. The lowest BCUT2D eigenvalue weighted by Gasteiger charge is -2.31. The zero-order chi connectivity index (χ0) is 13.8. The minimum Gasteiger partial charge on any atom is -0.480 e. The minimum atomic E-state index is -0.907. The maximum Gasteiger partial charge on any atom is 0.327 e. The van der Waals surface area contributed by atoms with Crippen LogP contribution in [0.5, 0.6) is 0 Å². The third-order valence-corrected chi connectivity index (χ3v) is 5.13. The van der Waals surface area contributed by atoms with Crippen LogP contribution in [0.15, 0.2) is 0 Å². The highest BCUT2D eigenvalue weighted by atomic mass is 32.2. The number of hydrogen-bond acceptors (Lipinski definition) is 3. The predicted molar refractivity (Wildman–Crippen MR) is 75.2 cm³/mol. The number of nitrogens with one attached hydrogen (secondary N) is 1. The Labute approximate surface area is 118 Å². The molecule has 1 aliphatic heterocycles. The van der Waals surface area contributed by atoms with E-state index in [1.165, 1.54) is 23.1 Å². The van der Waals surface area contributed by atoms with E-state index in [0.717, 1.165) is 25.7 Å². The number of rotatable bonds is 3. The Balaban J connectivity index is 1.88. The fourth-order valence-electron chi connectivity index (χ4n) is 2.90. The zero-order valence-corrected chi connectivity index (χ0v) is 12.1. The minimum absolute atomic E-state index is 0.209. The van der Waals surface area contributed by atoms with E-state index < -0.39 is 12.0 Å². The van der Waals surface area contributed by atoms with Gasteiger partial charge in [0.25, 0.3) is 0 Å². The van der Waals surface area contributed by atoms with Crippen molar-refractivity contribution in [3.63, 3.8) is 0 Å². The Morgan fingerprint density at radius 2 is 2.21 bits per heavy atom. The first-order valence-electron chi connectivity index (χ1n) is 6.99. The van der Waals surface area contributed by atoms with Crippen LogP contribution in [-0.2, 0) is 4.79 Å². The number of thioether (sulfide) groups is 1. The number of amides is 2. The van der Waals surface area contributed by atoms with E-state index in [4.69, 9.17) is 5.11 Å². The molecule has 3 atom stereocenters. The smallest absolute Gasteiger partial charge is 0.327 e. The SMILES string of the molecule is CCC1CCCC(NC(=O)N2CSCC2C(=O)O)C1. The summed E-state index contributed by atoms with van der Waals surface area (Å²) < 4.78 is 0. The van der Waals surface area contributed by atoms with E-state index in [1.807, 2.05) is 0 Å². The van der Waals surface area contributed by atoms with Crippen molar-refractivity contribution in [2.24, 2.45) is 5.92 Å². The molecule has 3 unspecified atom stereocenters. The lowest BCUT2D eigenvalue weighted by molar-refractivity contribution is -0.140. The van der Waals surface area contributed by atoms with Crippen molar-refractivity contribution in [3.05, 3.63) is 0 Å². The third kappa shape index (κ3) is 3.55. The molecular weight excluding hydrogens is 264 g/mol. The second-order valence-electron chi connectivity index (χ2n) is 5.41. The summed E-state index contributed by atoms with van der Waals surface area (Å²) in [7, 11) is 0. The second-order valence-corrected chi connectivity index (χ2v) is 6.41. The Morgan fingerprint density at radius 3 is 2.89 bits per heavy atom.